The number of rotatable bonds is 6. The molecule has 0 aliphatic carbocycles. The lowest BCUT2D eigenvalue weighted by atomic mass is 10.2. The van der Waals surface area contributed by atoms with Crippen molar-refractivity contribution in [2.45, 2.75) is 39.3 Å². The third-order valence-electron chi connectivity index (χ3n) is 3.07. The minimum atomic E-state index is -0.694. The lowest BCUT2D eigenvalue weighted by Gasteiger charge is -2.15. The number of nitrogens with zero attached hydrogens (tertiary/aromatic N) is 1. The molecule has 0 aliphatic rings. The lowest BCUT2D eigenvalue weighted by Crippen LogP contribution is -2.36. The molecular formula is C16H18BrFN2O2S. The van der Waals surface area contributed by atoms with E-state index in [2.05, 4.69) is 40.1 Å². The second-order valence-corrected chi connectivity index (χ2v) is 7.13. The molecule has 0 saturated heterocycles. The molecule has 4 nitrogen and oxygen atoms in total. The Balaban J connectivity index is 1.89. The molecule has 1 amide bonds. The van der Waals surface area contributed by atoms with Crippen molar-refractivity contribution in [3.63, 3.8) is 0 Å². The van der Waals surface area contributed by atoms with Crippen LogP contribution in [0.5, 0.6) is 5.75 Å². The molecular weight excluding hydrogens is 383 g/mol. The summed E-state index contributed by atoms with van der Waals surface area (Å²) >= 11 is 4.80. The van der Waals surface area contributed by atoms with E-state index in [4.69, 9.17) is 4.74 Å². The molecule has 1 aromatic carbocycles. The zero-order chi connectivity index (χ0) is 17.0. The van der Waals surface area contributed by atoms with Gasteiger partial charge in [-0.3, -0.25) is 4.79 Å². The van der Waals surface area contributed by atoms with E-state index in [1.54, 1.807) is 18.3 Å². The Hall–Kier alpha value is -1.47. The van der Waals surface area contributed by atoms with Crippen molar-refractivity contribution in [1.29, 1.82) is 0 Å². The largest absolute Gasteiger partial charge is 0.480 e. The van der Waals surface area contributed by atoms with Gasteiger partial charge in [0, 0.05) is 11.3 Å². The fraction of sp³-hybridized carbons (Fsp3) is 0.375. The molecule has 124 valence electrons. The van der Waals surface area contributed by atoms with Crippen molar-refractivity contribution in [2.75, 3.05) is 0 Å². The summed E-state index contributed by atoms with van der Waals surface area (Å²) in [5.41, 5.74) is 0.835. The smallest absolute Gasteiger partial charge is 0.261 e. The first-order valence-electron chi connectivity index (χ1n) is 7.20. The van der Waals surface area contributed by atoms with Gasteiger partial charge in [0.2, 0.25) is 0 Å². The van der Waals surface area contributed by atoms with Crippen molar-refractivity contribution in [1.82, 2.24) is 10.3 Å². The van der Waals surface area contributed by atoms with Crippen LogP contribution < -0.4 is 10.1 Å². The Kier molecular flexibility index (Phi) is 6.12. The van der Waals surface area contributed by atoms with Crippen molar-refractivity contribution in [2.24, 2.45) is 0 Å². The quantitative estimate of drug-likeness (QED) is 0.788. The summed E-state index contributed by atoms with van der Waals surface area (Å²) in [7, 11) is 0. The third-order valence-corrected chi connectivity index (χ3v) is 4.89. The second kappa shape index (κ2) is 7.88. The third kappa shape index (κ3) is 5.00. The van der Waals surface area contributed by atoms with E-state index in [1.165, 1.54) is 18.2 Å². The van der Waals surface area contributed by atoms with Gasteiger partial charge in [-0.15, -0.1) is 11.3 Å². The normalized spacial score (nSPS) is 12.3. The highest BCUT2D eigenvalue weighted by Crippen LogP contribution is 2.26. The van der Waals surface area contributed by atoms with Gasteiger partial charge in [-0.25, -0.2) is 9.37 Å². The molecule has 7 heteroatoms. The summed E-state index contributed by atoms with van der Waals surface area (Å²) < 4.78 is 19.1. The van der Waals surface area contributed by atoms with E-state index in [-0.39, 0.29) is 11.7 Å². The van der Waals surface area contributed by atoms with Crippen LogP contribution in [0, 0.1) is 5.82 Å². The summed E-state index contributed by atoms with van der Waals surface area (Å²) in [5, 5.41) is 5.78. The Morgan fingerprint density at radius 2 is 2.17 bits per heavy atom. The van der Waals surface area contributed by atoms with Crippen LogP contribution in [0.2, 0.25) is 0 Å². The summed E-state index contributed by atoms with van der Waals surface area (Å²) in [6, 6.07) is 4.06. The van der Waals surface area contributed by atoms with E-state index in [9.17, 15) is 9.18 Å². The SMILES string of the molecule is CC(Oc1ccc(F)cc1Br)C(=O)NCc1csc(C(C)C)n1. The molecule has 0 saturated carbocycles. The van der Waals surface area contributed by atoms with Gasteiger partial charge < -0.3 is 10.1 Å². The van der Waals surface area contributed by atoms with Crippen LogP contribution in [0.25, 0.3) is 0 Å². The highest BCUT2D eigenvalue weighted by molar-refractivity contribution is 9.10. The van der Waals surface area contributed by atoms with Crippen LogP contribution in [0.3, 0.4) is 0 Å². The molecule has 1 heterocycles. The molecule has 23 heavy (non-hydrogen) atoms. The minimum absolute atomic E-state index is 0.250. The number of ether oxygens (including phenoxy) is 1. The van der Waals surface area contributed by atoms with Gasteiger partial charge in [-0.2, -0.15) is 0 Å². The van der Waals surface area contributed by atoms with E-state index in [1.807, 2.05) is 5.38 Å². The van der Waals surface area contributed by atoms with Crippen molar-refractivity contribution in [3.8, 4) is 5.75 Å². The first kappa shape index (κ1) is 17.9. The molecule has 1 unspecified atom stereocenters. The monoisotopic (exact) mass is 400 g/mol. The van der Waals surface area contributed by atoms with Crippen LogP contribution >= 0.6 is 27.3 Å². The van der Waals surface area contributed by atoms with Gasteiger partial charge in [-0.05, 0) is 41.1 Å². The van der Waals surface area contributed by atoms with Crippen molar-refractivity contribution >= 4 is 33.2 Å². The van der Waals surface area contributed by atoms with Gasteiger partial charge >= 0.3 is 0 Å². The maximum absolute atomic E-state index is 13.0. The zero-order valence-electron chi connectivity index (χ0n) is 13.1. The van der Waals surface area contributed by atoms with E-state index < -0.39 is 6.10 Å². The average Bonchev–Trinajstić information content (AvgIpc) is 2.96. The number of nitrogens with one attached hydrogen (secondary N) is 1. The lowest BCUT2D eigenvalue weighted by molar-refractivity contribution is -0.127. The zero-order valence-corrected chi connectivity index (χ0v) is 15.5. The summed E-state index contributed by atoms with van der Waals surface area (Å²) in [5.74, 6) is 0.179. The molecule has 2 aromatic rings. The molecule has 0 fully saturated rings. The van der Waals surface area contributed by atoms with E-state index in [0.29, 0.717) is 22.7 Å². The molecule has 1 atom stereocenters. The fourth-order valence-corrected chi connectivity index (χ4v) is 3.08. The number of amides is 1. The fourth-order valence-electron chi connectivity index (χ4n) is 1.81. The molecule has 0 radical (unpaired) electrons. The van der Waals surface area contributed by atoms with Gasteiger partial charge in [-0.1, -0.05) is 13.8 Å². The Morgan fingerprint density at radius 3 is 2.78 bits per heavy atom. The van der Waals surface area contributed by atoms with Crippen molar-refractivity contribution in [3.05, 3.63) is 44.6 Å². The highest BCUT2D eigenvalue weighted by atomic mass is 79.9. The number of carbonyl (C=O) groups excluding carboxylic acids is 1. The number of thiazole rings is 1. The van der Waals surface area contributed by atoms with Crippen LogP contribution in [0.15, 0.2) is 28.1 Å². The molecule has 0 aliphatic heterocycles. The number of hydrogen-bond donors (Lipinski definition) is 1. The number of hydrogen-bond acceptors (Lipinski definition) is 4. The summed E-state index contributed by atoms with van der Waals surface area (Å²) in [6.07, 6.45) is -0.694. The number of aromatic nitrogens is 1. The first-order chi connectivity index (χ1) is 10.9. The minimum Gasteiger partial charge on any atom is -0.480 e. The van der Waals surface area contributed by atoms with Gasteiger partial charge in [0.15, 0.2) is 6.10 Å². The van der Waals surface area contributed by atoms with Crippen LogP contribution in [0.1, 0.15) is 37.4 Å². The summed E-state index contributed by atoms with van der Waals surface area (Å²) in [6.45, 7) is 6.17. The molecule has 1 N–H and O–H groups in total. The molecule has 1 aromatic heterocycles. The predicted molar refractivity (Wildman–Crippen MR) is 92.2 cm³/mol. The number of carbonyl (C=O) groups is 1. The maximum atomic E-state index is 13.0. The maximum Gasteiger partial charge on any atom is 0.261 e. The average molecular weight is 401 g/mol. The van der Waals surface area contributed by atoms with Crippen LogP contribution in [-0.2, 0) is 11.3 Å². The molecule has 2 rings (SSSR count). The van der Waals surface area contributed by atoms with E-state index >= 15 is 0 Å². The van der Waals surface area contributed by atoms with Crippen molar-refractivity contribution < 1.29 is 13.9 Å². The Bertz CT molecular complexity index is 690. The van der Waals surface area contributed by atoms with Gasteiger partial charge in [0.25, 0.3) is 5.91 Å². The standard InChI is InChI=1S/C16H18BrFN2O2S/c1-9(2)16-20-12(8-23-16)7-19-15(21)10(3)22-14-5-4-11(18)6-13(14)17/h4-6,8-10H,7H2,1-3H3,(H,19,21). The van der Waals surface area contributed by atoms with E-state index in [0.717, 1.165) is 10.7 Å². The Labute approximate surface area is 147 Å². The Morgan fingerprint density at radius 1 is 1.43 bits per heavy atom. The topological polar surface area (TPSA) is 51.2 Å². The highest BCUT2D eigenvalue weighted by Gasteiger charge is 2.16. The number of halogens is 2. The molecule has 0 spiro atoms. The first-order valence-corrected chi connectivity index (χ1v) is 8.87. The van der Waals surface area contributed by atoms with Crippen LogP contribution in [0.4, 0.5) is 4.39 Å². The van der Waals surface area contributed by atoms with Crippen LogP contribution in [-0.4, -0.2) is 17.0 Å². The summed E-state index contributed by atoms with van der Waals surface area (Å²) in [4.78, 5) is 16.6. The molecule has 0 bridgehead atoms. The second-order valence-electron chi connectivity index (χ2n) is 5.38. The predicted octanol–water partition coefficient (Wildman–Crippen LogP) is 4.25. The van der Waals surface area contributed by atoms with Gasteiger partial charge in [0.05, 0.1) is 21.7 Å². The number of benzene rings is 1. The van der Waals surface area contributed by atoms with Gasteiger partial charge in [0.1, 0.15) is 11.6 Å².